The lowest BCUT2D eigenvalue weighted by Crippen LogP contribution is -2.14. The van der Waals surface area contributed by atoms with Crippen LogP contribution in [0.3, 0.4) is 0 Å². The van der Waals surface area contributed by atoms with Crippen LogP contribution in [0.2, 0.25) is 0 Å². The van der Waals surface area contributed by atoms with Gasteiger partial charge in [-0.3, -0.25) is 0 Å². The third-order valence-corrected chi connectivity index (χ3v) is 2.75. The fourth-order valence-electron chi connectivity index (χ4n) is 1.23. The van der Waals surface area contributed by atoms with Crippen LogP contribution in [0.25, 0.3) is 0 Å². The summed E-state index contributed by atoms with van der Waals surface area (Å²) in [5.74, 6) is 0.365. The highest BCUT2D eigenvalue weighted by Crippen LogP contribution is 2.15. The quantitative estimate of drug-likeness (QED) is 0.836. The molecule has 0 aliphatic carbocycles. The molecule has 0 spiro atoms. The van der Waals surface area contributed by atoms with E-state index in [-0.39, 0.29) is 7.18 Å². The number of hydrogen-bond donors (Lipinski definition) is 1. The molecular weight excluding hydrogens is 198 g/mol. The van der Waals surface area contributed by atoms with Gasteiger partial charge in [0.15, 0.2) is 0 Å². The van der Waals surface area contributed by atoms with E-state index in [1.165, 1.54) is 5.56 Å². The van der Waals surface area contributed by atoms with Crippen molar-refractivity contribution >= 4 is 10.0 Å². The van der Waals surface area contributed by atoms with Crippen LogP contribution >= 0.6 is 0 Å². The van der Waals surface area contributed by atoms with E-state index in [4.69, 9.17) is 5.14 Å². The molecule has 0 aliphatic heterocycles. The lowest BCUT2D eigenvalue weighted by molar-refractivity contribution is 0.597. The molecule has 0 radical (unpaired) electrons. The maximum absolute atomic E-state index is 10.8. The fourth-order valence-corrected chi connectivity index (χ4v) is 1.89. The first-order valence-corrected chi connectivity index (χ1v) is 6.19. The van der Waals surface area contributed by atoms with E-state index in [0.29, 0.717) is 5.92 Å². The van der Waals surface area contributed by atoms with E-state index in [1.807, 2.05) is 12.1 Å². The van der Waals surface area contributed by atoms with Gasteiger partial charge in [-0.15, -0.1) is 0 Å². The number of nitrogens with two attached hydrogens (primary N) is 1. The van der Waals surface area contributed by atoms with E-state index in [1.54, 1.807) is 12.1 Å². The smallest absolute Gasteiger partial charge is 0.213 e. The van der Waals surface area contributed by atoms with Crippen molar-refractivity contribution in [3.63, 3.8) is 0 Å². The molecule has 0 saturated heterocycles. The summed E-state index contributed by atoms with van der Waals surface area (Å²) in [6, 6.07) is 7.48. The molecule has 0 heterocycles. The van der Waals surface area contributed by atoms with Crippen molar-refractivity contribution in [1.29, 1.82) is 0 Å². The second-order valence-corrected chi connectivity index (χ2v) is 5.32. The minimum atomic E-state index is -3.41. The summed E-state index contributed by atoms with van der Waals surface area (Å²) < 4.78 is 21.6. The number of benzene rings is 1. The first-order valence-electron chi connectivity index (χ1n) is 4.48. The third-order valence-electron chi connectivity index (χ3n) is 2.01. The molecule has 0 saturated carbocycles. The Morgan fingerprint density at radius 3 is 2.14 bits per heavy atom. The summed E-state index contributed by atoms with van der Waals surface area (Å²) in [4.78, 5) is 0. The molecule has 0 bridgehead atoms. The molecule has 2 N–H and O–H groups in total. The topological polar surface area (TPSA) is 60.2 Å². The van der Waals surface area contributed by atoms with Crippen molar-refractivity contribution in [2.75, 3.05) is 0 Å². The molecule has 4 heteroatoms. The first kappa shape index (κ1) is 11.2. The molecule has 0 aromatic heterocycles. The zero-order chi connectivity index (χ0) is 10.8. The molecule has 0 fully saturated rings. The Hall–Kier alpha value is -0.870. The average Bonchev–Trinajstić information content (AvgIpc) is 2.02. The zero-order valence-electron chi connectivity index (χ0n) is 8.40. The van der Waals surface area contributed by atoms with E-state index in [0.717, 1.165) is 5.56 Å². The van der Waals surface area contributed by atoms with Crippen LogP contribution < -0.4 is 5.14 Å². The molecule has 80 valence electrons. The van der Waals surface area contributed by atoms with Crippen LogP contribution in [0.1, 0.15) is 32.3 Å². The Balaban J connectivity index is 0.00000196. The molecule has 0 atom stereocenters. The number of hydrogen-bond acceptors (Lipinski definition) is 2. The van der Waals surface area contributed by atoms with Crippen LogP contribution in [-0.2, 0) is 15.8 Å². The van der Waals surface area contributed by atoms with E-state index < -0.39 is 10.0 Å². The summed E-state index contributed by atoms with van der Waals surface area (Å²) in [5, 5.41) is 4.94. The third kappa shape index (κ3) is 3.47. The van der Waals surface area contributed by atoms with Gasteiger partial charge in [-0.2, -0.15) is 0 Å². The van der Waals surface area contributed by atoms with Crippen molar-refractivity contribution in [3.05, 3.63) is 35.4 Å². The summed E-state index contributed by atoms with van der Waals surface area (Å²) >= 11 is 0. The summed E-state index contributed by atoms with van der Waals surface area (Å²) in [6.45, 7) is 4.18. The van der Waals surface area contributed by atoms with Gasteiger partial charge in [0.25, 0.3) is 0 Å². The minimum Gasteiger partial charge on any atom is -0.228 e. The van der Waals surface area contributed by atoms with E-state index >= 15 is 0 Å². The Labute approximate surface area is 86.5 Å². The zero-order valence-corrected chi connectivity index (χ0v) is 9.21. The average molecular weight is 215 g/mol. The summed E-state index contributed by atoms with van der Waals surface area (Å²) in [7, 11) is -3.41. The highest BCUT2D eigenvalue weighted by Gasteiger charge is 2.05. The lowest BCUT2D eigenvalue weighted by atomic mass is 10.0. The SMILES string of the molecule is CC(C)c1ccc(CS(N)(=O)=O)cc1.[HH]. The second kappa shape index (κ2) is 4.11. The van der Waals surface area contributed by atoms with E-state index in [9.17, 15) is 8.42 Å². The fraction of sp³-hybridized carbons (Fsp3) is 0.400. The van der Waals surface area contributed by atoms with Crippen molar-refractivity contribution in [2.45, 2.75) is 25.5 Å². The monoisotopic (exact) mass is 215 g/mol. The van der Waals surface area contributed by atoms with Crippen molar-refractivity contribution in [1.82, 2.24) is 0 Å². The van der Waals surface area contributed by atoms with Crippen LogP contribution in [0.15, 0.2) is 24.3 Å². The van der Waals surface area contributed by atoms with Gasteiger partial charge >= 0.3 is 0 Å². The summed E-state index contributed by atoms with van der Waals surface area (Å²) in [5.41, 5.74) is 1.93. The molecule has 1 rings (SSSR count). The van der Waals surface area contributed by atoms with Gasteiger partial charge in [0, 0.05) is 1.43 Å². The van der Waals surface area contributed by atoms with Gasteiger partial charge in [0.05, 0.1) is 5.75 Å². The minimum absolute atomic E-state index is 0. The highest BCUT2D eigenvalue weighted by molar-refractivity contribution is 7.88. The van der Waals surface area contributed by atoms with Crippen LogP contribution in [-0.4, -0.2) is 8.42 Å². The first-order chi connectivity index (χ1) is 6.38. The van der Waals surface area contributed by atoms with Gasteiger partial charge in [0.2, 0.25) is 10.0 Å². The van der Waals surface area contributed by atoms with Gasteiger partial charge in [-0.05, 0) is 17.0 Å². The van der Waals surface area contributed by atoms with Gasteiger partial charge < -0.3 is 0 Å². The molecule has 14 heavy (non-hydrogen) atoms. The molecule has 1 aromatic rings. The molecule has 0 amide bonds. The van der Waals surface area contributed by atoms with Gasteiger partial charge in [-0.1, -0.05) is 38.1 Å². The normalized spacial score (nSPS) is 12.0. The molecule has 1 aromatic carbocycles. The van der Waals surface area contributed by atoms with E-state index in [2.05, 4.69) is 13.8 Å². The van der Waals surface area contributed by atoms with Crippen LogP contribution in [0, 0.1) is 0 Å². The largest absolute Gasteiger partial charge is 0.228 e. The standard InChI is InChI=1S/C10H15NO2S.H2/c1-8(2)10-5-3-9(4-6-10)7-14(11,12)13;/h3-6,8H,7H2,1-2H3,(H2,11,12,13);1H. The molecular formula is C10H17NO2S. The summed E-state index contributed by atoms with van der Waals surface area (Å²) in [6.07, 6.45) is 0. The predicted octanol–water partition coefficient (Wildman–Crippen LogP) is 1.84. The van der Waals surface area contributed by atoms with Gasteiger partial charge in [-0.25, -0.2) is 13.6 Å². The van der Waals surface area contributed by atoms with Crippen molar-refractivity contribution < 1.29 is 9.84 Å². The Morgan fingerprint density at radius 1 is 1.29 bits per heavy atom. The number of primary sulfonamides is 1. The maximum atomic E-state index is 10.8. The van der Waals surface area contributed by atoms with Gasteiger partial charge in [0.1, 0.15) is 0 Å². The predicted molar refractivity (Wildman–Crippen MR) is 59.5 cm³/mol. The maximum Gasteiger partial charge on any atom is 0.213 e. The van der Waals surface area contributed by atoms with Crippen molar-refractivity contribution in [2.24, 2.45) is 5.14 Å². The lowest BCUT2D eigenvalue weighted by Gasteiger charge is -2.05. The van der Waals surface area contributed by atoms with Crippen molar-refractivity contribution in [3.8, 4) is 0 Å². The Bertz CT molecular complexity index is 398. The number of rotatable bonds is 3. The number of sulfonamides is 1. The Kier molecular flexibility index (Phi) is 3.29. The van der Waals surface area contributed by atoms with Crippen LogP contribution in [0.4, 0.5) is 0 Å². The highest BCUT2D eigenvalue weighted by atomic mass is 32.2. The molecule has 3 nitrogen and oxygen atoms in total. The second-order valence-electron chi connectivity index (χ2n) is 3.70. The van der Waals surface area contributed by atoms with Crippen LogP contribution in [0.5, 0.6) is 0 Å². The molecule has 0 unspecified atom stereocenters. The Morgan fingerprint density at radius 2 is 1.79 bits per heavy atom. The molecule has 0 aliphatic rings.